The lowest BCUT2D eigenvalue weighted by Gasteiger charge is -2.29. The van der Waals surface area contributed by atoms with Crippen LogP contribution in [0.4, 0.5) is 0 Å². The van der Waals surface area contributed by atoms with Crippen LogP contribution in [-0.2, 0) is 20.6 Å². The van der Waals surface area contributed by atoms with Crippen molar-refractivity contribution in [3.63, 3.8) is 0 Å². The molecule has 3 nitrogen and oxygen atoms in total. The van der Waals surface area contributed by atoms with Crippen LogP contribution in [0.5, 0.6) is 0 Å². The molecule has 0 aliphatic rings. The monoisotopic (exact) mass is 340 g/mol. The van der Waals surface area contributed by atoms with Crippen LogP contribution in [0.2, 0.25) is 0 Å². The molecule has 0 radical (unpaired) electrons. The van der Waals surface area contributed by atoms with Gasteiger partial charge >= 0.3 is 0 Å². The number of sulfone groups is 1. The molecule has 21 heavy (non-hydrogen) atoms. The zero-order valence-corrected chi connectivity index (χ0v) is 17.7. The van der Waals surface area contributed by atoms with Crippen LogP contribution in [0.15, 0.2) is 0 Å². The minimum absolute atomic E-state index is 0.0851. The number of rotatable bonds is 0. The standard InChI is InChI=1S/C8H18O2S.C8H18OS/c1-7(2,3)11(9,10)8(4,5)6;1-7(2,3)10(9)8(4,5)6/h1-6H3;1-6H3. The Kier molecular flexibility index (Phi) is 7.45. The first-order valence-corrected chi connectivity index (χ1v) is 9.95. The van der Waals surface area contributed by atoms with Gasteiger partial charge in [-0.05, 0) is 83.1 Å². The van der Waals surface area contributed by atoms with E-state index in [4.69, 9.17) is 0 Å². The van der Waals surface area contributed by atoms with Crippen LogP contribution < -0.4 is 0 Å². The summed E-state index contributed by atoms with van der Waals surface area (Å²) in [6.07, 6.45) is 0. The maximum atomic E-state index is 11.7. The Balaban J connectivity index is 0. The molecule has 5 heteroatoms. The maximum Gasteiger partial charge on any atom is 0.160 e. The van der Waals surface area contributed by atoms with Crippen LogP contribution in [0.25, 0.3) is 0 Å². The highest BCUT2D eigenvalue weighted by atomic mass is 32.2. The van der Waals surface area contributed by atoms with Crippen molar-refractivity contribution in [3.8, 4) is 0 Å². The Morgan fingerprint density at radius 2 is 0.762 bits per heavy atom. The highest BCUT2D eigenvalue weighted by Gasteiger charge is 2.39. The molecule has 0 saturated heterocycles. The second-order valence-corrected chi connectivity index (χ2v) is 15.7. The van der Waals surface area contributed by atoms with Gasteiger partial charge in [0.25, 0.3) is 0 Å². The van der Waals surface area contributed by atoms with Gasteiger partial charge in [-0.25, -0.2) is 8.42 Å². The van der Waals surface area contributed by atoms with E-state index >= 15 is 0 Å². The third-order valence-corrected chi connectivity index (χ3v) is 8.17. The second kappa shape index (κ2) is 6.69. The molecule has 0 N–H and O–H groups in total. The van der Waals surface area contributed by atoms with Crippen LogP contribution in [0.1, 0.15) is 83.1 Å². The third-order valence-electron chi connectivity index (χ3n) is 2.72. The van der Waals surface area contributed by atoms with Crippen LogP contribution in [0.3, 0.4) is 0 Å². The second-order valence-electron chi connectivity index (χ2n) is 9.22. The van der Waals surface area contributed by atoms with E-state index in [1.165, 1.54) is 0 Å². The molecule has 0 heterocycles. The fraction of sp³-hybridized carbons (Fsp3) is 1.00. The highest BCUT2D eigenvalue weighted by molar-refractivity contribution is 7.94. The van der Waals surface area contributed by atoms with Gasteiger partial charge in [0.2, 0.25) is 0 Å². The number of hydrogen-bond acceptors (Lipinski definition) is 3. The lowest BCUT2D eigenvalue weighted by Crippen LogP contribution is -2.41. The topological polar surface area (TPSA) is 51.2 Å². The molecule has 0 aliphatic carbocycles. The Morgan fingerprint density at radius 3 is 0.762 bits per heavy atom. The summed E-state index contributed by atoms with van der Waals surface area (Å²) in [4.78, 5) is 0. The molecule has 0 aromatic heterocycles. The summed E-state index contributed by atoms with van der Waals surface area (Å²) in [5, 5.41) is 0. The fourth-order valence-corrected chi connectivity index (χ4v) is 5.51. The number of hydrogen-bond donors (Lipinski definition) is 0. The summed E-state index contributed by atoms with van der Waals surface area (Å²) in [6, 6.07) is 0. The first-order chi connectivity index (χ1) is 8.65. The Labute approximate surface area is 135 Å². The molecule has 0 rings (SSSR count). The van der Waals surface area contributed by atoms with Crippen molar-refractivity contribution >= 4 is 20.6 Å². The van der Waals surface area contributed by atoms with Gasteiger partial charge in [-0.15, -0.1) is 0 Å². The van der Waals surface area contributed by atoms with E-state index in [0.717, 1.165) is 0 Å². The van der Waals surface area contributed by atoms with Gasteiger partial charge in [-0.1, -0.05) is 0 Å². The lowest BCUT2D eigenvalue weighted by atomic mass is 10.2. The van der Waals surface area contributed by atoms with Gasteiger partial charge in [0.1, 0.15) is 0 Å². The van der Waals surface area contributed by atoms with E-state index in [-0.39, 0.29) is 9.49 Å². The van der Waals surface area contributed by atoms with Crippen molar-refractivity contribution in [2.75, 3.05) is 0 Å². The molecule has 0 bridgehead atoms. The fourth-order valence-electron chi connectivity index (χ4n) is 1.84. The zero-order valence-electron chi connectivity index (χ0n) is 16.0. The van der Waals surface area contributed by atoms with Gasteiger partial charge in [-0.3, -0.25) is 4.21 Å². The summed E-state index contributed by atoms with van der Waals surface area (Å²) in [5.41, 5.74) is 0. The molecule has 0 atom stereocenters. The first kappa shape index (κ1) is 23.4. The van der Waals surface area contributed by atoms with Crippen molar-refractivity contribution in [3.05, 3.63) is 0 Å². The molecule has 0 aromatic rings. The summed E-state index contributed by atoms with van der Waals surface area (Å²) in [5.74, 6) is 0. The van der Waals surface area contributed by atoms with Crippen molar-refractivity contribution in [1.82, 2.24) is 0 Å². The van der Waals surface area contributed by atoms with Crippen LogP contribution >= 0.6 is 0 Å². The molecule has 0 aliphatic heterocycles. The largest absolute Gasteiger partial charge is 0.258 e. The van der Waals surface area contributed by atoms with E-state index in [2.05, 4.69) is 0 Å². The van der Waals surface area contributed by atoms with Crippen LogP contribution in [-0.4, -0.2) is 31.6 Å². The predicted molar refractivity (Wildman–Crippen MR) is 96.1 cm³/mol. The van der Waals surface area contributed by atoms with E-state index in [9.17, 15) is 12.6 Å². The third kappa shape index (κ3) is 7.27. The highest BCUT2D eigenvalue weighted by Crippen LogP contribution is 2.28. The van der Waals surface area contributed by atoms with Gasteiger partial charge in [0.15, 0.2) is 9.84 Å². The van der Waals surface area contributed by atoms with Crippen molar-refractivity contribution in [1.29, 1.82) is 0 Å². The summed E-state index contributed by atoms with van der Waals surface area (Å²) in [6.45, 7) is 22.4. The molecule has 0 fully saturated rings. The van der Waals surface area contributed by atoms with Gasteiger partial charge < -0.3 is 0 Å². The minimum atomic E-state index is -3.01. The maximum absolute atomic E-state index is 11.7. The Hall–Kier alpha value is 0.1000. The minimum Gasteiger partial charge on any atom is -0.258 e. The molecular weight excluding hydrogens is 304 g/mol. The van der Waals surface area contributed by atoms with Crippen molar-refractivity contribution in [2.45, 2.75) is 102 Å². The van der Waals surface area contributed by atoms with Crippen molar-refractivity contribution < 1.29 is 12.6 Å². The average molecular weight is 341 g/mol. The summed E-state index contributed by atoms with van der Waals surface area (Å²) >= 11 is 0. The molecular formula is C16H36O3S2. The van der Waals surface area contributed by atoms with Gasteiger partial charge in [0.05, 0.1) is 9.49 Å². The normalized spacial score (nSPS) is 14.7. The zero-order chi connectivity index (χ0) is 18.1. The van der Waals surface area contributed by atoms with Gasteiger partial charge in [0, 0.05) is 20.3 Å². The molecule has 130 valence electrons. The molecule has 0 aromatic carbocycles. The van der Waals surface area contributed by atoms with E-state index in [1.54, 1.807) is 41.5 Å². The predicted octanol–water partition coefficient (Wildman–Crippen LogP) is 4.33. The van der Waals surface area contributed by atoms with E-state index in [1.807, 2.05) is 41.5 Å². The Bertz CT molecular complexity index is 412. The van der Waals surface area contributed by atoms with Crippen LogP contribution in [0, 0.1) is 0 Å². The smallest absolute Gasteiger partial charge is 0.160 e. The molecule has 0 spiro atoms. The van der Waals surface area contributed by atoms with Crippen molar-refractivity contribution in [2.24, 2.45) is 0 Å². The SMILES string of the molecule is CC(C)(C)S(=O)(=O)C(C)(C)C.CC(C)(C)S(=O)C(C)(C)C. The van der Waals surface area contributed by atoms with Gasteiger partial charge in [-0.2, -0.15) is 0 Å². The van der Waals surface area contributed by atoms with E-state index in [0.29, 0.717) is 0 Å². The molecule has 0 amide bonds. The lowest BCUT2D eigenvalue weighted by molar-refractivity contribution is 0.525. The van der Waals surface area contributed by atoms with E-state index < -0.39 is 30.1 Å². The average Bonchev–Trinajstić information content (AvgIpc) is 2.11. The summed E-state index contributed by atoms with van der Waals surface area (Å²) < 4.78 is 33.5. The molecule has 0 unspecified atom stereocenters. The first-order valence-electron chi connectivity index (χ1n) is 7.32. The Morgan fingerprint density at radius 1 is 0.571 bits per heavy atom. The molecule has 0 saturated carbocycles. The quantitative estimate of drug-likeness (QED) is 0.659. The summed E-state index contributed by atoms with van der Waals surface area (Å²) in [7, 11) is -3.77.